The van der Waals surface area contributed by atoms with Gasteiger partial charge in [0.05, 0.1) is 6.10 Å². The zero-order valence-corrected chi connectivity index (χ0v) is 15.4. The molecular weight excluding hydrogens is 324 g/mol. The number of piperidine rings is 1. The van der Waals surface area contributed by atoms with Crippen molar-refractivity contribution >= 4 is 11.6 Å². The van der Waals surface area contributed by atoms with Gasteiger partial charge in [0.1, 0.15) is 0 Å². The average Bonchev–Trinajstić information content (AvgIpc) is 2.65. The Labute approximate surface area is 156 Å². The predicted octanol–water partition coefficient (Wildman–Crippen LogP) is 3.20. The van der Waals surface area contributed by atoms with Gasteiger partial charge < -0.3 is 15.3 Å². The van der Waals surface area contributed by atoms with Crippen LogP contribution in [0.2, 0.25) is 0 Å². The van der Waals surface area contributed by atoms with E-state index in [1.54, 1.807) is 0 Å². The molecule has 0 spiro atoms. The summed E-state index contributed by atoms with van der Waals surface area (Å²) in [6.45, 7) is 1.78. The van der Waals surface area contributed by atoms with Crippen LogP contribution in [0.25, 0.3) is 0 Å². The smallest absolute Gasteiger partial charge is 0.251 e. The van der Waals surface area contributed by atoms with Gasteiger partial charge in [0.15, 0.2) is 0 Å². The molecule has 5 aliphatic rings. The molecule has 4 aliphatic carbocycles. The summed E-state index contributed by atoms with van der Waals surface area (Å²) in [4.78, 5) is 15.1. The molecule has 140 valence electrons. The van der Waals surface area contributed by atoms with Gasteiger partial charge in [-0.25, -0.2) is 0 Å². The Hall–Kier alpha value is -1.55. The summed E-state index contributed by atoms with van der Waals surface area (Å²) in [6, 6.07) is 8.45. The fourth-order valence-corrected chi connectivity index (χ4v) is 6.34. The number of aliphatic hydroxyl groups excluding tert-OH is 1. The Morgan fingerprint density at radius 1 is 0.923 bits per heavy atom. The lowest BCUT2D eigenvalue weighted by Crippen LogP contribution is -2.55. The Morgan fingerprint density at radius 2 is 1.50 bits per heavy atom. The average molecular weight is 354 g/mol. The number of carbonyl (C=O) groups is 1. The van der Waals surface area contributed by atoms with Crippen molar-refractivity contribution in [2.45, 2.75) is 57.1 Å². The van der Waals surface area contributed by atoms with Crippen LogP contribution in [0.1, 0.15) is 55.3 Å². The molecule has 1 heterocycles. The van der Waals surface area contributed by atoms with Gasteiger partial charge >= 0.3 is 0 Å². The van der Waals surface area contributed by atoms with Crippen LogP contribution in [0.3, 0.4) is 0 Å². The second-order valence-electron chi connectivity index (χ2n) is 9.20. The topological polar surface area (TPSA) is 52.6 Å². The first kappa shape index (κ1) is 16.6. The summed E-state index contributed by atoms with van der Waals surface area (Å²) in [5.41, 5.74) is 1.93. The van der Waals surface area contributed by atoms with Crippen molar-refractivity contribution in [3.05, 3.63) is 29.8 Å². The zero-order chi connectivity index (χ0) is 17.7. The van der Waals surface area contributed by atoms with Gasteiger partial charge in [-0.15, -0.1) is 0 Å². The lowest BCUT2D eigenvalue weighted by atomic mass is 9.54. The van der Waals surface area contributed by atoms with E-state index in [9.17, 15) is 9.90 Å². The fourth-order valence-electron chi connectivity index (χ4n) is 6.34. The van der Waals surface area contributed by atoms with E-state index in [1.165, 1.54) is 32.1 Å². The van der Waals surface area contributed by atoms with Gasteiger partial charge in [-0.2, -0.15) is 0 Å². The number of hydrogen-bond donors (Lipinski definition) is 2. The van der Waals surface area contributed by atoms with Crippen molar-refractivity contribution in [2.24, 2.45) is 23.7 Å². The molecule has 1 amide bonds. The van der Waals surface area contributed by atoms with Gasteiger partial charge in [-0.05, 0) is 92.9 Å². The third kappa shape index (κ3) is 3.02. The minimum Gasteiger partial charge on any atom is -0.393 e. The lowest BCUT2D eigenvalue weighted by Gasteiger charge is -2.54. The molecule has 1 saturated heterocycles. The minimum atomic E-state index is -0.155. The quantitative estimate of drug-likeness (QED) is 0.876. The van der Waals surface area contributed by atoms with Crippen LogP contribution in [0.5, 0.6) is 0 Å². The number of rotatable bonds is 3. The van der Waals surface area contributed by atoms with Gasteiger partial charge in [-0.1, -0.05) is 0 Å². The van der Waals surface area contributed by atoms with Crippen molar-refractivity contribution in [3.63, 3.8) is 0 Å². The van der Waals surface area contributed by atoms with Crippen LogP contribution in [0.4, 0.5) is 5.69 Å². The Morgan fingerprint density at radius 3 is 2.08 bits per heavy atom. The Balaban J connectivity index is 1.23. The van der Waals surface area contributed by atoms with Crippen molar-refractivity contribution < 1.29 is 9.90 Å². The Kier molecular flexibility index (Phi) is 4.19. The monoisotopic (exact) mass is 354 g/mol. The summed E-state index contributed by atoms with van der Waals surface area (Å²) < 4.78 is 0. The number of nitrogens with one attached hydrogen (secondary N) is 1. The number of amides is 1. The number of anilines is 1. The molecule has 4 bridgehead atoms. The van der Waals surface area contributed by atoms with E-state index in [2.05, 4.69) is 22.3 Å². The van der Waals surface area contributed by atoms with Crippen LogP contribution >= 0.6 is 0 Å². The van der Waals surface area contributed by atoms with E-state index in [0.717, 1.165) is 49.0 Å². The third-order valence-corrected chi connectivity index (χ3v) is 7.48. The molecule has 4 nitrogen and oxygen atoms in total. The highest BCUT2D eigenvalue weighted by atomic mass is 16.3. The summed E-state index contributed by atoms with van der Waals surface area (Å²) in [5, 5.41) is 13.1. The maximum Gasteiger partial charge on any atom is 0.251 e. The molecule has 26 heavy (non-hydrogen) atoms. The number of nitrogens with zero attached hydrogens (tertiary/aromatic N) is 1. The van der Waals surface area contributed by atoms with Crippen molar-refractivity contribution in [3.8, 4) is 0 Å². The van der Waals surface area contributed by atoms with Crippen LogP contribution in [-0.2, 0) is 0 Å². The second kappa shape index (κ2) is 6.56. The highest BCUT2D eigenvalue weighted by Crippen LogP contribution is 2.53. The molecule has 0 atom stereocenters. The van der Waals surface area contributed by atoms with Gasteiger partial charge in [-0.3, -0.25) is 4.79 Å². The van der Waals surface area contributed by atoms with E-state index in [1.807, 2.05) is 12.1 Å². The van der Waals surface area contributed by atoms with E-state index >= 15 is 0 Å². The van der Waals surface area contributed by atoms with E-state index in [4.69, 9.17) is 0 Å². The predicted molar refractivity (Wildman–Crippen MR) is 102 cm³/mol. The summed E-state index contributed by atoms with van der Waals surface area (Å²) in [5.74, 6) is 3.41. The molecule has 2 N–H and O–H groups in total. The summed E-state index contributed by atoms with van der Waals surface area (Å²) in [6.07, 6.45) is 8.27. The maximum atomic E-state index is 12.8. The van der Waals surface area contributed by atoms with Crippen LogP contribution in [0, 0.1) is 23.7 Å². The zero-order valence-electron chi connectivity index (χ0n) is 15.4. The first-order valence-corrected chi connectivity index (χ1v) is 10.5. The number of carbonyl (C=O) groups excluding carboxylic acids is 1. The third-order valence-electron chi connectivity index (χ3n) is 7.48. The first-order valence-electron chi connectivity index (χ1n) is 10.5. The van der Waals surface area contributed by atoms with Crippen molar-refractivity contribution in [1.29, 1.82) is 0 Å². The van der Waals surface area contributed by atoms with Crippen LogP contribution < -0.4 is 10.2 Å². The molecule has 0 unspecified atom stereocenters. The largest absolute Gasteiger partial charge is 0.393 e. The van der Waals surface area contributed by atoms with Crippen LogP contribution in [-0.4, -0.2) is 36.2 Å². The van der Waals surface area contributed by atoms with E-state index in [0.29, 0.717) is 17.9 Å². The standard InChI is InChI=1S/C22H30N2O2/c25-20-5-7-24(8-6-20)19-3-1-16(2-4-19)22(26)23-21-17-10-14-9-15(12-17)13-18(21)11-14/h1-4,14-15,17-18,20-21,25H,5-13H2,(H,23,26). The SMILES string of the molecule is O=C(NC1C2CC3CC(C2)CC1C3)c1ccc(N2CCC(O)CC2)cc1. The van der Waals surface area contributed by atoms with Crippen molar-refractivity contribution in [2.75, 3.05) is 18.0 Å². The lowest BCUT2D eigenvalue weighted by molar-refractivity contribution is -0.0119. The molecule has 0 aromatic heterocycles. The fraction of sp³-hybridized carbons (Fsp3) is 0.682. The molecule has 4 heteroatoms. The molecule has 5 fully saturated rings. The number of hydrogen-bond acceptors (Lipinski definition) is 3. The maximum absolute atomic E-state index is 12.8. The Bertz CT molecular complexity index is 635. The minimum absolute atomic E-state index is 0.100. The normalized spacial score (nSPS) is 36.3. The molecule has 1 aromatic carbocycles. The highest BCUT2D eigenvalue weighted by Gasteiger charge is 2.48. The van der Waals surface area contributed by atoms with Gasteiger partial charge in [0.25, 0.3) is 5.91 Å². The van der Waals surface area contributed by atoms with Crippen LogP contribution in [0.15, 0.2) is 24.3 Å². The second-order valence-corrected chi connectivity index (χ2v) is 9.20. The van der Waals surface area contributed by atoms with E-state index in [-0.39, 0.29) is 12.0 Å². The molecule has 1 aromatic rings. The van der Waals surface area contributed by atoms with Gasteiger partial charge in [0, 0.05) is 30.4 Å². The first-order chi connectivity index (χ1) is 12.7. The molecule has 1 aliphatic heterocycles. The van der Waals surface area contributed by atoms with Crippen molar-refractivity contribution in [1.82, 2.24) is 5.32 Å². The summed E-state index contributed by atoms with van der Waals surface area (Å²) in [7, 11) is 0. The number of benzene rings is 1. The molecule has 4 saturated carbocycles. The van der Waals surface area contributed by atoms with E-state index < -0.39 is 0 Å². The highest BCUT2D eigenvalue weighted by molar-refractivity contribution is 5.94. The summed E-state index contributed by atoms with van der Waals surface area (Å²) >= 11 is 0. The molecule has 0 radical (unpaired) electrons. The molecule has 6 rings (SSSR count). The molecular formula is C22H30N2O2. The van der Waals surface area contributed by atoms with Gasteiger partial charge in [0.2, 0.25) is 0 Å². The number of aliphatic hydroxyl groups is 1.